The summed E-state index contributed by atoms with van der Waals surface area (Å²) in [5.74, 6) is 1.23. The zero-order valence-corrected chi connectivity index (χ0v) is 16.1. The van der Waals surface area contributed by atoms with Crippen LogP contribution < -0.4 is 0 Å². The van der Waals surface area contributed by atoms with Gasteiger partial charge < -0.3 is 9.47 Å². The van der Waals surface area contributed by atoms with Crippen molar-refractivity contribution in [1.29, 1.82) is 0 Å². The molecule has 0 saturated carbocycles. The van der Waals surface area contributed by atoms with E-state index in [0.29, 0.717) is 21.7 Å². The van der Waals surface area contributed by atoms with Crippen LogP contribution in [0.1, 0.15) is 53.4 Å². The molecule has 2 saturated heterocycles. The fourth-order valence-electron chi connectivity index (χ4n) is 3.46. The van der Waals surface area contributed by atoms with Crippen molar-refractivity contribution < 1.29 is 19.1 Å². The van der Waals surface area contributed by atoms with Crippen LogP contribution in [0.4, 0.5) is 0 Å². The van der Waals surface area contributed by atoms with Gasteiger partial charge in [-0.3, -0.25) is 9.59 Å². The highest BCUT2D eigenvalue weighted by molar-refractivity contribution is 8.01. The number of carbonyl (C=O) groups excluding carboxylic acids is 2. The molecule has 1 unspecified atom stereocenters. The van der Waals surface area contributed by atoms with Crippen LogP contribution in [-0.2, 0) is 19.1 Å². The van der Waals surface area contributed by atoms with Crippen molar-refractivity contribution in [2.24, 2.45) is 5.92 Å². The lowest BCUT2D eigenvalue weighted by Gasteiger charge is -2.21. The Morgan fingerprint density at radius 1 is 1.09 bits per heavy atom. The summed E-state index contributed by atoms with van der Waals surface area (Å²) in [6.07, 6.45) is 4.20. The normalized spacial score (nSPS) is 33.9. The molecule has 2 aliphatic rings. The number of esters is 2. The van der Waals surface area contributed by atoms with Crippen molar-refractivity contribution in [1.82, 2.24) is 0 Å². The molecule has 4 nitrogen and oxygen atoms in total. The Kier molecular flexibility index (Phi) is 7.14. The minimum atomic E-state index is -0.178. The van der Waals surface area contributed by atoms with Gasteiger partial charge in [0.05, 0.1) is 0 Å². The Labute approximate surface area is 147 Å². The second-order valence-electron chi connectivity index (χ2n) is 6.77. The molecule has 5 atom stereocenters. The second kappa shape index (κ2) is 8.65. The van der Waals surface area contributed by atoms with Gasteiger partial charge in [-0.05, 0) is 37.4 Å². The summed E-state index contributed by atoms with van der Waals surface area (Å²) >= 11 is 3.90. The van der Waals surface area contributed by atoms with Gasteiger partial charge in [-0.25, -0.2) is 0 Å². The molecule has 2 heterocycles. The summed E-state index contributed by atoms with van der Waals surface area (Å²) in [6.45, 7) is 7.37. The van der Waals surface area contributed by atoms with Crippen LogP contribution >= 0.6 is 23.5 Å². The van der Waals surface area contributed by atoms with Crippen LogP contribution in [-0.4, -0.2) is 45.6 Å². The van der Waals surface area contributed by atoms with E-state index >= 15 is 0 Å². The quantitative estimate of drug-likeness (QED) is 0.674. The molecule has 0 spiro atoms. The maximum Gasteiger partial charge on any atom is 0.302 e. The van der Waals surface area contributed by atoms with E-state index in [9.17, 15) is 9.59 Å². The number of carbonyl (C=O) groups is 2. The summed E-state index contributed by atoms with van der Waals surface area (Å²) in [4.78, 5) is 22.5. The molecule has 132 valence electrons. The number of thioether (sulfide) groups is 2. The largest absolute Gasteiger partial charge is 0.461 e. The molecule has 0 aromatic rings. The molecule has 0 bridgehead atoms. The minimum Gasteiger partial charge on any atom is -0.461 e. The zero-order chi connectivity index (χ0) is 17.0. The van der Waals surface area contributed by atoms with Crippen LogP contribution in [0.25, 0.3) is 0 Å². The van der Waals surface area contributed by atoms with Gasteiger partial charge in [0.1, 0.15) is 12.2 Å². The molecule has 2 aliphatic heterocycles. The molecular formula is C17H28O4S2. The molecule has 0 radical (unpaired) electrons. The number of hydrogen-bond donors (Lipinski definition) is 0. The molecule has 0 aromatic carbocycles. The van der Waals surface area contributed by atoms with Gasteiger partial charge in [0, 0.05) is 29.6 Å². The first-order chi connectivity index (χ1) is 10.9. The Balaban J connectivity index is 1.83. The van der Waals surface area contributed by atoms with E-state index < -0.39 is 0 Å². The third-order valence-electron chi connectivity index (χ3n) is 4.43. The first-order valence-electron chi connectivity index (χ1n) is 8.48. The van der Waals surface area contributed by atoms with E-state index in [2.05, 4.69) is 13.8 Å². The van der Waals surface area contributed by atoms with Gasteiger partial charge in [0.15, 0.2) is 0 Å². The van der Waals surface area contributed by atoms with Crippen LogP contribution in [0.15, 0.2) is 0 Å². The van der Waals surface area contributed by atoms with Crippen molar-refractivity contribution >= 4 is 35.5 Å². The number of hydrogen-bond acceptors (Lipinski definition) is 6. The molecule has 0 aliphatic carbocycles. The van der Waals surface area contributed by atoms with Crippen LogP contribution in [0, 0.1) is 5.92 Å². The summed E-state index contributed by atoms with van der Waals surface area (Å²) in [5.41, 5.74) is 0. The summed E-state index contributed by atoms with van der Waals surface area (Å²) in [7, 11) is 0. The highest BCUT2D eigenvalue weighted by atomic mass is 32.2. The lowest BCUT2D eigenvalue weighted by molar-refractivity contribution is -0.147. The Hall–Kier alpha value is -0.360. The van der Waals surface area contributed by atoms with Gasteiger partial charge in [-0.15, -0.1) is 0 Å². The zero-order valence-electron chi connectivity index (χ0n) is 14.4. The van der Waals surface area contributed by atoms with Crippen LogP contribution in [0.5, 0.6) is 0 Å². The first-order valence-corrected chi connectivity index (χ1v) is 10.5. The molecule has 2 rings (SSSR count). The highest BCUT2D eigenvalue weighted by Gasteiger charge is 2.39. The average molecular weight is 361 g/mol. The van der Waals surface area contributed by atoms with E-state index in [1.807, 2.05) is 23.5 Å². The molecule has 0 amide bonds. The highest BCUT2D eigenvalue weighted by Crippen LogP contribution is 2.43. The molecular weight excluding hydrogens is 332 g/mol. The third-order valence-corrected chi connectivity index (χ3v) is 7.84. The van der Waals surface area contributed by atoms with E-state index in [0.717, 1.165) is 31.4 Å². The molecule has 23 heavy (non-hydrogen) atoms. The molecule has 2 fully saturated rings. The van der Waals surface area contributed by atoms with Gasteiger partial charge in [0.2, 0.25) is 0 Å². The van der Waals surface area contributed by atoms with Crippen molar-refractivity contribution in [3.05, 3.63) is 0 Å². The smallest absolute Gasteiger partial charge is 0.302 e. The molecule has 0 N–H and O–H groups in total. The van der Waals surface area contributed by atoms with Crippen molar-refractivity contribution in [3.8, 4) is 0 Å². The summed E-state index contributed by atoms with van der Waals surface area (Å²) in [6, 6.07) is 0. The standard InChI is InChI=1S/C17H28O4S2/c1-10(2)17-15(21-12(4)19)9-13(23-17)5-6-16-14(7-8-22-16)20-11(3)18/h10,13-17H,5-9H2,1-4H3/t13?,14-,15+,16-,17+/m1/s1. The predicted octanol–water partition coefficient (Wildman–Crippen LogP) is 3.67. The van der Waals surface area contributed by atoms with E-state index in [4.69, 9.17) is 9.47 Å². The maximum atomic E-state index is 11.3. The molecule has 0 aromatic heterocycles. The fraction of sp³-hybridized carbons (Fsp3) is 0.882. The Morgan fingerprint density at radius 3 is 2.35 bits per heavy atom. The maximum absolute atomic E-state index is 11.3. The second-order valence-corrected chi connectivity index (χ2v) is 9.60. The Morgan fingerprint density at radius 2 is 1.74 bits per heavy atom. The first kappa shape index (κ1) is 19.0. The third kappa shape index (κ3) is 5.59. The van der Waals surface area contributed by atoms with Gasteiger partial charge in [-0.2, -0.15) is 23.5 Å². The van der Waals surface area contributed by atoms with Crippen molar-refractivity contribution in [2.75, 3.05) is 5.75 Å². The van der Waals surface area contributed by atoms with Crippen molar-refractivity contribution in [2.45, 2.75) is 81.3 Å². The topological polar surface area (TPSA) is 52.6 Å². The van der Waals surface area contributed by atoms with Crippen LogP contribution in [0.2, 0.25) is 0 Å². The molecule has 6 heteroatoms. The van der Waals surface area contributed by atoms with Gasteiger partial charge in [0.25, 0.3) is 0 Å². The minimum absolute atomic E-state index is 0.0444. The monoisotopic (exact) mass is 360 g/mol. The summed E-state index contributed by atoms with van der Waals surface area (Å²) < 4.78 is 11.0. The average Bonchev–Trinajstić information content (AvgIpc) is 3.02. The predicted molar refractivity (Wildman–Crippen MR) is 95.8 cm³/mol. The van der Waals surface area contributed by atoms with Crippen molar-refractivity contribution in [3.63, 3.8) is 0 Å². The van der Waals surface area contributed by atoms with E-state index in [-0.39, 0.29) is 24.1 Å². The SMILES string of the molecule is CC(=O)O[C@H]1CC(CC[C@H]2SCC[C@H]2OC(C)=O)S[C@H]1C(C)C. The lowest BCUT2D eigenvalue weighted by atomic mass is 9.99. The number of rotatable bonds is 6. The Bertz CT molecular complexity index is 427. The summed E-state index contributed by atoms with van der Waals surface area (Å²) in [5, 5.41) is 1.35. The van der Waals surface area contributed by atoms with E-state index in [1.54, 1.807) is 0 Å². The number of ether oxygens (including phenoxy) is 2. The van der Waals surface area contributed by atoms with Crippen LogP contribution in [0.3, 0.4) is 0 Å². The lowest BCUT2D eigenvalue weighted by Crippen LogP contribution is -2.28. The van der Waals surface area contributed by atoms with Gasteiger partial charge in [-0.1, -0.05) is 13.8 Å². The fourth-order valence-corrected chi connectivity index (χ4v) is 6.51. The van der Waals surface area contributed by atoms with E-state index in [1.165, 1.54) is 13.8 Å². The van der Waals surface area contributed by atoms with Gasteiger partial charge >= 0.3 is 11.9 Å².